The fourth-order valence-electron chi connectivity index (χ4n) is 4.92. The number of likely N-dealkylation sites (tertiary alicyclic amines) is 1. The van der Waals surface area contributed by atoms with E-state index in [0.717, 1.165) is 43.7 Å². The molecule has 2 bridgehead atoms. The van der Waals surface area contributed by atoms with Gasteiger partial charge >= 0.3 is 0 Å². The SMILES string of the molecule is COC1(c2ccnc(C(N)=O)c2)[C@@H]2CCC[C@H]1CN(Cc1cnn[nH]1)C2.Cl. The van der Waals surface area contributed by atoms with Gasteiger partial charge in [0.05, 0.1) is 11.9 Å². The summed E-state index contributed by atoms with van der Waals surface area (Å²) >= 11 is 0. The molecule has 146 valence electrons. The maximum atomic E-state index is 11.6. The second kappa shape index (κ2) is 7.92. The van der Waals surface area contributed by atoms with Gasteiger partial charge in [0, 0.05) is 44.8 Å². The molecule has 27 heavy (non-hydrogen) atoms. The molecule has 2 aromatic rings. The first-order valence-corrected chi connectivity index (χ1v) is 9.02. The highest BCUT2D eigenvalue weighted by atomic mass is 35.5. The van der Waals surface area contributed by atoms with Gasteiger partial charge in [-0.2, -0.15) is 0 Å². The summed E-state index contributed by atoms with van der Waals surface area (Å²) in [4.78, 5) is 18.1. The van der Waals surface area contributed by atoms with Crippen LogP contribution in [0.2, 0.25) is 0 Å². The minimum atomic E-state index is -0.507. The number of nitrogens with zero attached hydrogens (tertiary/aromatic N) is 4. The Kier molecular flexibility index (Phi) is 5.78. The summed E-state index contributed by atoms with van der Waals surface area (Å²) < 4.78 is 6.21. The van der Waals surface area contributed by atoms with Gasteiger partial charge in [0.2, 0.25) is 0 Å². The molecule has 1 amide bonds. The van der Waals surface area contributed by atoms with Gasteiger partial charge in [-0.15, -0.1) is 17.5 Å². The number of aromatic nitrogens is 4. The van der Waals surface area contributed by atoms with Crippen LogP contribution >= 0.6 is 12.4 Å². The number of nitrogens with one attached hydrogen (secondary N) is 1. The predicted molar refractivity (Wildman–Crippen MR) is 101 cm³/mol. The highest BCUT2D eigenvalue weighted by Crippen LogP contribution is 2.51. The van der Waals surface area contributed by atoms with Crippen LogP contribution in [0.5, 0.6) is 0 Å². The lowest BCUT2D eigenvalue weighted by molar-refractivity contribution is -0.170. The summed E-state index contributed by atoms with van der Waals surface area (Å²) in [5, 5.41) is 10.6. The van der Waals surface area contributed by atoms with Crippen molar-refractivity contribution < 1.29 is 9.53 Å². The molecule has 3 atom stereocenters. The molecule has 1 unspecified atom stereocenters. The molecule has 8 nitrogen and oxygen atoms in total. The number of aromatic amines is 1. The third-order valence-corrected chi connectivity index (χ3v) is 5.94. The van der Waals surface area contributed by atoms with Crippen molar-refractivity contribution in [2.75, 3.05) is 20.2 Å². The summed E-state index contributed by atoms with van der Waals surface area (Å²) in [6, 6.07) is 3.78. The number of methoxy groups -OCH3 is 1. The van der Waals surface area contributed by atoms with Gasteiger partial charge in [-0.1, -0.05) is 11.6 Å². The number of hydrogen-bond donors (Lipinski definition) is 2. The molecule has 2 fully saturated rings. The molecule has 1 saturated carbocycles. The monoisotopic (exact) mass is 392 g/mol. The van der Waals surface area contributed by atoms with Gasteiger partial charge in [0.1, 0.15) is 11.3 Å². The third-order valence-electron chi connectivity index (χ3n) is 5.94. The Hall–Kier alpha value is -2.03. The third kappa shape index (κ3) is 3.44. The number of fused-ring (bicyclic) bond motifs is 2. The highest BCUT2D eigenvalue weighted by Gasteiger charge is 2.53. The summed E-state index contributed by atoms with van der Waals surface area (Å²) in [6.45, 7) is 2.66. The van der Waals surface area contributed by atoms with Crippen molar-refractivity contribution in [2.24, 2.45) is 17.6 Å². The lowest BCUT2D eigenvalue weighted by atomic mass is 9.62. The van der Waals surface area contributed by atoms with Crippen LogP contribution in [-0.4, -0.2) is 51.4 Å². The molecule has 0 spiro atoms. The van der Waals surface area contributed by atoms with Crippen molar-refractivity contribution in [2.45, 2.75) is 31.4 Å². The van der Waals surface area contributed by atoms with E-state index in [9.17, 15) is 4.79 Å². The van der Waals surface area contributed by atoms with E-state index < -0.39 is 11.5 Å². The van der Waals surface area contributed by atoms with Crippen LogP contribution in [0.25, 0.3) is 0 Å². The average molecular weight is 393 g/mol. The Morgan fingerprint density at radius 2 is 2.15 bits per heavy atom. The fourth-order valence-corrected chi connectivity index (χ4v) is 4.92. The maximum Gasteiger partial charge on any atom is 0.267 e. The van der Waals surface area contributed by atoms with Crippen molar-refractivity contribution in [3.05, 3.63) is 41.5 Å². The Balaban J connectivity index is 0.00000210. The zero-order valence-corrected chi connectivity index (χ0v) is 16.1. The quantitative estimate of drug-likeness (QED) is 0.797. The van der Waals surface area contributed by atoms with Gasteiger partial charge in [-0.25, -0.2) is 0 Å². The number of halogens is 1. The van der Waals surface area contributed by atoms with Crippen LogP contribution in [-0.2, 0) is 16.9 Å². The number of primary amides is 1. The molecule has 0 aromatic carbocycles. The highest BCUT2D eigenvalue weighted by molar-refractivity contribution is 5.90. The number of carbonyl (C=O) groups excluding carboxylic acids is 1. The number of H-pyrrole nitrogens is 1. The summed E-state index contributed by atoms with van der Waals surface area (Å²) in [5.74, 6) is 0.186. The van der Waals surface area contributed by atoms with Crippen LogP contribution in [0.1, 0.15) is 41.0 Å². The Bertz CT molecular complexity index is 770. The number of rotatable bonds is 5. The fraction of sp³-hybridized carbons (Fsp3) is 0.556. The topological polar surface area (TPSA) is 110 Å². The van der Waals surface area contributed by atoms with E-state index in [4.69, 9.17) is 10.5 Å². The van der Waals surface area contributed by atoms with Gasteiger partial charge in [0.15, 0.2) is 0 Å². The molecule has 1 saturated heterocycles. The molecule has 2 aliphatic rings. The van der Waals surface area contributed by atoms with E-state index >= 15 is 0 Å². The largest absolute Gasteiger partial charge is 0.373 e. The summed E-state index contributed by atoms with van der Waals surface area (Å²) in [6.07, 6.45) is 6.82. The van der Waals surface area contributed by atoms with Crippen molar-refractivity contribution in [1.82, 2.24) is 25.3 Å². The van der Waals surface area contributed by atoms with Crippen LogP contribution in [0.4, 0.5) is 0 Å². The number of nitrogens with two attached hydrogens (primary N) is 1. The molecule has 4 rings (SSSR count). The van der Waals surface area contributed by atoms with Crippen LogP contribution in [0.3, 0.4) is 0 Å². The normalized spacial score (nSPS) is 27.7. The number of ether oxygens (including phenoxy) is 1. The minimum absolute atomic E-state index is 0. The van der Waals surface area contributed by atoms with Gasteiger partial charge in [-0.3, -0.25) is 19.8 Å². The Labute approximate surface area is 164 Å². The maximum absolute atomic E-state index is 11.6. The second-order valence-electron chi connectivity index (χ2n) is 7.29. The molecular formula is C18H25ClN6O2. The van der Waals surface area contributed by atoms with E-state index in [0.29, 0.717) is 17.5 Å². The number of pyridine rings is 1. The average Bonchev–Trinajstić information content (AvgIpc) is 3.14. The van der Waals surface area contributed by atoms with Gasteiger partial charge in [0.25, 0.3) is 5.91 Å². The van der Waals surface area contributed by atoms with E-state index in [2.05, 4.69) is 25.3 Å². The molecule has 9 heteroatoms. The first-order valence-electron chi connectivity index (χ1n) is 9.02. The van der Waals surface area contributed by atoms with E-state index in [-0.39, 0.29) is 12.4 Å². The van der Waals surface area contributed by atoms with Gasteiger partial charge < -0.3 is 10.5 Å². The molecule has 1 aliphatic heterocycles. The smallest absolute Gasteiger partial charge is 0.267 e. The lowest BCUT2D eigenvalue weighted by Crippen LogP contribution is -2.58. The number of hydrogen-bond acceptors (Lipinski definition) is 6. The second-order valence-corrected chi connectivity index (χ2v) is 7.29. The van der Waals surface area contributed by atoms with Crippen LogP contribution in [0.15, 0.2) is 24.5 Å². The molecule has 3 heterocycles. The molecule has 2 aromatic heterocycles. The molecular weight excluding hydrogens is 368 g/mol. The molecule has 0 radical (unpaired) electrons. The van der Waals surface area contributed by atoms with Crippen molar-refractivity contribution in [3.63, 3.8) is 0 Å². The predicted octanol–water partition coefficient (Wildman–Crippen LogP) is 1.49. The zero-order chi connectivity index (χ0) is 18.1. The van der Waals surface area contributed by atoms with Crippen LogP contribution < -0.4 is 5.73 Å². The first kappa shape index (κ1) is 19.7. The van der Waals surface area contributed by atoms with Crippen molar-refractivity contribution in [1.29, 1.82) is 0 Å². The zero-order valence-electron chi connectivity index (χ0n) is 15.3. The van der Waals surface area contributed by atoms with Crippen molar-refractivity contribution in [3.8, 4) is 0 Å². The standard InChI is InChI=1S/C18H24N6O2.ClH/c1-26-18(12-5-6-20-16(7-12)17(19)25)13-3-2-4-14(18)10-24(9-13)11-15-8-21-23-22-15;/h5-8,13-14H,2-4,9-11H2,1H3,(H2,19,25)(H,21,22,23);1H/t13-,14+,18?;. The summed E-state index contributed by atoms with van der Waals surface area (Å²) in [7, 11) is 1.78. The Morgan fingerprint density at radius 1 is 1.41 bits per heavy atom. The van der Waals surface area contributed by atoms with Crippen LogP contribution in [0, 0.1) is 11.8 Å². The Morgan fingerprint density at radius 3 is 2.74 bits per heavy atom. The van der Waals surface area contributed by atoms with E-state index in [1.165, 1.54) is 6.42 Å². The van der Waals surface area contributed by atoms with Gasteiger partial charge in [-0.05, 0) is 30.5 Å². The number of carbonyl (C=O) groups is 1. The van der Waals surface area contributed by atoms with Crippen molar-refractivity contribution >= 4 is 18.3 Å². The lowest BCUT2D eigenvalue weighted by Gasteiger charge is -2.55. The molecule has 3 N–H and O–H groups in total. The first-order chi connectivity index (χ1) is 12.6. The molecule has 1 aliphatic carbocycles. The van der Waals surface area contributed by atoms with E-state index in [1.54, 1.807) is 19.5 Å². The van der Waals surface area contributed by atoms with E-state index in [1.807, 2.05) is 12.1 Å². The summed E-state index contributed by atoms with van der Waals surface area (Å²) in [5.41, 5.74) is 7.38. The minimum Gasteiger partial charge on any atom is -0.373 e. The number of piperidine rings is 1. The number of amides is 1.